The molecule has 1 aliphatic carbocycles. The van der Waals surface area contributed by atoms with Crippen LogP contribution in [0, 0.1) is 17.6 Å². The van der Waals surface area contributed by atoms with Crippen LogP contribution in [0.25, 0.3) is 0 Å². The number of pyridine rings is 1. The molecule has 2 rings (SSSR count). The highest BCUT2D eigenvalue weighted by atomic mass is 19.4. The van der Waals surface area contributed by atoms with Crippen LogP contribution in [0.2, 0.25) is 0 Å². The predicted molar refractivity (Wildman–Crippen MR) is 50.5 cm³/mol. The van der Waals surface area contributed by atoms with E-state index in [0.717, 1.165) is 0 Å². The van der Waals surface area contributed by atoms with Crippen LogP contribution in [-0.4, -0.2) is 23.7 Å². The van der Waals surface area contributed by atoms with Gasteiger partial charge in [-0.1, -0.05) is 0 Å². The van der Waals surface area contributed by atoms with Gasteiger partial charge in [0.25, 0.3) is 5.95 Å². The Kier molecular flexibility index (Phi) is 3.12. The van der Waals surface area contributed by atoms with Gasteiger partial charge in [0, 0.05) is 12.1 Å². The lowest BCUT2D eigenvalue weighted by atomic mass is 10.3. The van der Waals surface area contributed by atoms with Crippen LogP contribution in [0.3, 0.4) is 0 Å². The molecule has 0 bridgehead atoms. The smallest absolute Gasteiger partial charge is 0.342 e. The predicted octanol–water partition coefficient (Wildman–Crippen LogP) is 3.03. The van der Waals surface area contributed by atoms with Gasteiger partial charge in [0.1, 0.15) is 6.54 Å². The molecule has 1 aliphatic rings. The van der Waals surface area contributed by atoms with Crippen LogP contribution in [-0.2, 0) is 0 Å². The van der Waals surface area contributed by atoms with E-state index in [1.165, 1.54) is 0 Å². The molecule has 18 heavy (non-hydrogen) atoms. The topological polar surface area (TPSA) is 16.1 Å². The summed E-state index contributed by atoms with van der Waals surface area (Å²) in [5.74, 6) is -5.24. The summed E-state index contributed by atoms with van der Waals surface area (Å²) in [6, 6.07) is -0.331. The Bertz CT molecular complexity index is 454. The Morgan fingerprint density at radius 3 is 2.28 bits per heavy atom. The molecule has 0 aromatic carbocycles. The molecule has 8 heteroatoms. The minimum atomic E-state index is -4.57. The van der Waals surface area contributed by atoms with Crippen LogP contribution in [0.1, 0.15) is 12.8 Å². The lowest BCUT2D eigenvalue weighted by molar-refractivity contribution is -0.120. The van der Waals surface area contributed by atoms with Crippen molar-refractivity contribution in [3.8, 4) is 0 Å². The molecule has 1 fully saturated rings. The number of hydrogen-bond acceptors (Lipinski definition) is 2. The average molecular weight is 270 g/mol. The van der Waals surface area contributed by atoms with E-state index in [1.54, 1.807) is 0 Å². The quantitative estimate of drug-likeness (QED) is 0.620. The van der Waals surface area contributed by atoms with E-state index in [2.05, 4.69) is 4.98 Å². The van der Waals surface area contributed by atoms with Crippen molar-refractivity contribution in [1.29, 1.82) is 0 Å². The monoisotopic (exact) mass is 270 g/mol. The largest absolute Gasteiger partial charge is 0.405 e. The average Bonchev–Trinajstić information content (AvgIpc) is 3.02. The van der Waals surface area contributed by atoms with E-state index in [0.29, 0.717) is 17.7 Å². The van der Waals surface area contributed by atoms with Gasteiger partial charge in [0.2, 0.25) is 0 Å². The minimum absolute atomic E-state index is 0.198. The van der Waals surface area contributed by atoms with Gasteiger partial charge in [-0.2, -0.15) is 22.5 Å². The maximum atomic E-state index is 13.4. The first-order chi connectivity index (χ1) is 8.28. The molecule has 0 atom stereocenters. The van der Waals surface area contributed by atoms with Gasteiger partial charge in [-0.3, -0.25) is 0 Å². The lowest BCUT2D eigenvalue weighted by Gasteiger charge is -2.25. The molecule has 0 spiro atoms. The summed E-state index contributed by atoms with van der Waals surface area (Å²) < 4.78 is 75.9. The van der Waals surface area contributed by atoms with Crippen molar-refractivity contribution >= 4 is 5.82 Å². The molecule has 0 amide bonds. The molecule has 100 valence electrons. The third kappa shape index (κ3) is 2.85. The molecule has 1 aromatic heterocycles. The van der Waals surface area contributed by atoms with Crippen molar-refractivity contribution < 1.29 is 26.3 Å². The van der Waals surface area contributed by atoms with Crippen molar-refractivity contribution in [3.63, 3.8) is 0 Å². The number of hydrogen-bond donors (Lipinski definition) is 0. The summed E-state index contributed by atoms with van der Waals surface area (Å²) in [6.45, 7) is -1.44. The maximum Gasteiger partial charge on any atom is 0.405 e. The first kappa shape index (κ1) is 13.0. The third-order valence-corrected chi connectivity index (χ3v) is 2.48. The van der Waals surface area contributed by atoms with Crippen LogP contribution in [0.5, 0.6) is 0 Å². The summed E-state index contributed by atoms with van der Waals surface area (Å²) in [5.41, 5.74) is 0. The van der Waals surface area contributed by atoms with Crippen molar-refractivity contribution in [2.75, 3.05) is 11.4 Å². The molecular weight excluding hydrogens is 262 g/mol. The summed E-state index contributed by atoms with van der Waals surface area (Å²) in [4.78, 5) is 3.55. The first-order valence-corrected chi connectivity index (χ1v) is 5.13. The standard InChI is InChI=1S/C10H8F6N2/c11-6-3-7(12)9(17-8(6)13)18(5-1-2-5)4-10(14,15)16/h3,5H,1-2,4H2. The molecule has 1 heterocycles. The molecule has 0 saturated heterocycles. The van der Waals surface area contributed by atoms with E-state index in [-0.39, 0.29) is 6.07 Å². The Balaban J connectivity index is 2.34. The number of halogens is 6. The number of nitrogens with zero attached hydrogens (tertiary/aromatic N) is 2. The normalized spacial score (nSPS) is 15.9. The number of anilines is 1. The second-order valence-electron chi connectivity index (χ2n) is 4.04. The SMILES string of the molecule is Fc1cc(F)c(N(CC(F)(F)F)C2CC2)nc1F. The lowest BCUT2D eigenvalue weighted by Crippen LogP contribution is -2.37. The van der Waals surface area contributed by atoms with Crippen LogP contribution >= 0.6 is 0 Å². The molecule has 0 unspecified atom stereocenters. The summed E-state index contributed by atoms with van der Waals surface area (Å²) in [7, 11) is 0. The van der Waals surface area contributed by atoms with Crippen molar-refractivity contribution in [3.05, 3.63) is 23.6 Å². The maximum absolute atomic E-state index is 13.4. The second-order valence-corrected chi connectivity index (χ2v) is 4.04. The van der Waals surface area contributed by atoms with Gasteiger partial charge >= 0.3 is 6.18 Å². The van der Waals surface area contributed by atoms with E-state index in [4.69, 9.17) is 0 Å². The van der Waals surface area contributed by atoms with E-state index in [9.17, 15) is 26.3 Å². The van der Waals surface area contributed by atoms with Crippen molar-refractivity contribution in [1.82, 2.24) is 4.98 Å². The van der Waals surface area contributed by atoms with Crippen LogP contribution in [0.4, 0.5) is 32.2 Å². The fourth-order valence-electron chi connectivity index (χ4n) is 1.59. The summed E-state index contributed by atoms with van der Waals surface area (Å²) >= 11 is 0. The zero-order valence-electron chi connectivity index (χ0n) is 8.94. The highest BCUT2D eigenvalue weighted by Crippen LogP contribution is 2.34. The zero-order chi connectivity index (χ0) is 13.5. The molecule has 1 saturated carbocycles. The highest BCUT2D eigenvalue weighted by molar-refractivity contribution is 5.43. The Morgan fingerprint density at radius 1 is 1.17 bits per heavy atom. The molecule has 0 aliphatic heterocycles. The Morgan fingerprint density at radius 2 is 1.78 bits per heavy atom. The van der Waals surface area contributed by atoms with E-state index in [1.807, 2.05) is 0 Å². The van der Waals surface area contributed by atoms with Gasteiger partial charge < -0.3 is 4.90 Å². The van der Waals surface area contributed by atoms with E-state index >= 15 is 0 Å². The number of alkyl halides is 3. The fourth-order valence-corrected chi connectivity index (χ4v) is 1.59. The third-order valence-electron chi connectivity index (χ3n) is 2.48. The molecule has 1 aromatic rings. The second kappa shape index (κ2) is 4.33. The minimum Gasteiger partial charge on any atom is -0.342 e. The highest BCUT2D eigenvalue weighted by Gasteiger charge is 2.40. The summed E-state index contributed by atoms with van der Waals surface area (Å²) in [5, 5.41) is 0. The van der Waals surface area contributed by atoms with Gasteiger partial charge in [0.05, 0.1) is 0 Å². The first-order valence-electron chi connectivity index (χ1n) is 5.13. The van der Waals surface area contributed by atoms with Gasteiger partial charge in [-0.15, -0.1) is 0 Å². The van der Waals surface area contributed by atoms with Crippen molar-refractivity contribution in [2.45, 2.75) is 25.1 Å². The molecular formula is C10H8F6N2. The van der Waals surface area contributed by atoms with Crippen LogP contribution < -0.4 is 4.90 Å². The van der Waals surface area contributed by atoms with Gasteiger partial charge in [-0.25, -0.2) is 8.78 Å². The zero-order valence-corrected chi connectivity index (χ0v) is 8.94. The van der Waals surface area contributed by atoms with E-state index < -0.39 is 42.2 Å². The Hall–Kier alpha value is -1.47. The summed E-state index contributed by atoms with van der Waals surface area (Å²) in [6.07, 6.45) is -3.69. The molecule has 0 radical (unpaired) electrons. The van der Waals surface area contributed by atoms with Crippen molar-refractivity contribution in [2.24, 2.45) is 0 Å². The fraction of sp³-hybridized carbons (Fsp3) is 0.500. The van der Waals surface area contributed by atoms with Gasteiger partial charge in [-0.05, 0) is 12.8 Å². The molecule has 2 nitrogen and oxygen atoms in total. The van der Waals surface area contributed by atoms with Crippen LogP contribution in [0.15, 0.2) is 6.07 Å². The Labute approximate surface area is 98.2 Å². The number of aromatic nitrogens is 1. The molecule has 0 N–H and O–H groups in total. The number of rotatable bonds is 3. The van der Waals surface area contributed by atoms with Gasteiger partial charge in [0.15, 0.2) is 17.5 Å².